The Labute approximate surface area is 299 Å². The fourth-order valence-electron chi connectivity index (χ4n) is 6.66. The number of benzene rings is 2. The number of hydrogen-bond donors (Lipinski definition) is 1. The smallest absolute Gasteiger partial charge is 0.303 e. The molecule has 0 bridgehead atoms. The summed E-state index contributed by atoms with van der Waals surface area (Å²) in [6.07, 6.45) is 3.31. The van der Waals surface area contributed by atoms with Crippen LogP contribution in [-0.2, 0) is 47.2 Å². The maximum Gasteiger partial charge on any atom is 0.303 e. The van der Waals surface area contributed by atoms with Gasteiger partial charge < -0.3 is 14.8 Å². The lowest BCUT2D eigenvalue weighted by Gasteiger charge is -2.49. The molecule has 5 rings (SSSR count). The number of amides is 3. The van der Waals surface area contributed by atoms with E-state index in [1.54, 1.807) is 36.4 Å². The van der Waals surface area contributed by atoms with Crippen molar-refractivity contribution in [3.8, 4) is 0 Å². The van der Waals surface area contributed by atoms with Crippen LogP contribution in [0, 0.1) is 5.21 Å². The van der Waals surface area contributed by atoms with Gasteiger partial charge in [-0.3, -0.25) is 24.0 Å². The van der Waals surface area contributed by atoms with E-state index in [2.05, 4.69) is 4.72 Å². The molecule has 1 saturated carbocycles. The summed E-state index contributed by atoms with van der Waals surface area (Å²) in [5, 5.41) is 14.0. The second-order valence-electron chi connectivity index (χ2n) is 12.2. The number of pyridine rings is 1. The van der Waals surface area contributed by atoms with Gasteiger partial charge in [0.15, 0.2) is 13.2 Å². The Bertz CT molecular complexity index is 1930. The van der Waals surface area contributed by atoms with Gasteiger partial charge in [-0.1, -0.05) is 60.3 Å². The second kappa shape index (κ2) is 15.4. The van der Waals surface area contributed by atoms with Gasteiger partial charge in [-0.15, -0.1) is 0 Å². The molecule has 2 heterocycles. The molecule has 1 N–H and O–H groups in total. The summed E-state index contributed by atoms with van der Waals surface area (Å²) < 4.78 is 33.1. The molecular formula is C34H36Cl2N4O9S. The Kier molecular flexibility index (Phi) is 11.5. The number of esters is 1. The molecule has 50 heavy (non-hydrogen) atoms. The van der Waals surface area contributed by atoms with E-state index in [4.69, 9.17) is 32.8 Å². The van der Waals surface area contributed by atoms with Crippen LogP contribution in [0.2, 0.25) is 10.0 Å². The molecule has 4 atom stereocenters. The number of ether oxygens (including phenoxy) is 1. The van der Waals surface area contributed by atoms with Gasteiger partial charge in [0, 0.05) is 53.7 Å². The summed E-state index contributed by atoms with van der Waals surface area (Å²) in [6, 6.07) is 13.0. The van der Waals surface area contributed by atoms with Crippen LogP contribution < -0.4 is 9.45 Å². The number of hydroxylamine groups is 2. The van der Waals surface area contributed by atoms with Crippen LogP contribution in [0.5, 0.6) is 0 Å². The Morgan fingerprint density at radius 2 is 1.66 bits per heavy atom. The van der Waals surface area contributed by atoms with Gasteiger partial charge in [-0.2, -0.15) is 9.79 Å². The third-order valence-corrected chi connectivity index (χ3v) is 10.0. The molecule has 1 aliphatic heterocycles. The Morgan fingerprint density at radius 3 is 2.32 bits per heavy atom. The minimum absolute atomic E-state index is 0.0174. The van der Waals surface area contributed by atoms with Crippen molar-refractivity contribution in [1.82, 2.24) is 14.7 Å². The molecule has 0 saturated heterocycles. The molecule has 13 nitrogen and oxygen atoms in total. The van der Waals surface area contributed by atoms with E-state index in [-0.39, 0.29) is 28.6 Å². The molecule has 1 aliphatic carbocycles. The lowest BCUT2D eigenvalue weighted by molar-refractivity contribution is -0.627. The molecule has 4 unspecified atom stereocenters. The molecule has 266 valence electrons. The monoisotopic (exact) mass is 746 g/mol. The highest BCUT2D eigenvalue weighted by Gasteiger charge is 2.51. The van der Waals surface area contributed by atoms with E-state index < -0.39 is 64.4 Å². The van der Waals surface area contributed by atoms with Crippen LogP contribution in [0.3, 0.4) is 0 Å². The third-order valence-electron chi connectivity index (χ3n) is 8.73. The first-order chi connectivity index (χ1) is 23.7. The minimum atomic E-state index is -3.70. The van der Waals surface area contributed by atoms with Crippen molar-refractivity contribution in [3.63, 3.8) is 0 Å². The maximum atomic E-state index is 14.8. The molecule has 3 aromatic rings. The zero-order valence-corrected chi connectivity index (χ0v) is 29.8. The van der Waals surface area contributed by atoms with Gasteiger partial charge in [0.2, 0.25) is 27.3 Å². The van der Waals surface area contributed by atoms with Crippen LogP contribution in [0.25, 0.3) is 0 Å². The third kappa shape index (κ3) is 8.10. The Hall–Kier alpha value is -4.08. The number of aromatic nitrogens is 1. The number of carbonyl (C=O) groups is 4. The lowest BCUT2D eigenvalue weighted by Crippen LogP contribution is -2.59. The molecule has 2 aliphatic rings. The zero-order chi connectivity index (χ0) is 36.3. The van der Waals surface area contributed by atoms with E-state index in [9.17, 15) is 32.8 Å². The van der Waals surface area contributed by atoms with Crippen LogP contribution in [-0.4, -0.2) is 60.4 Å². The lowest BCUT2D eigenvalue weighted by atomic mass is 9.76. The van der Waals surface area contributed by atoms with Gasteiger partial charge in [-0.05, 0) is 48.2 Å². The van der Waals surface area contributed by atoms with E-state index in [1.165, 1.54) is 36.1 Å². The average molecular weight is 748 g/mol. The largest absolute Gasteiger partial charge is 0.618 e. The first-order valence-corrected chi connectivity index (χ1v) is 18.5. The fraction of sp³-hybridized carbons (Fsp3) is 0.382. The predicted molar refractivity (Wildman–Crippen MR) is 182 cm³/mol. The summed E-state index contributed by atoms with van der Waals surface area (Å²) in [5.41, 5.74) is 0.952. The number of fused-ring (bicyclic) bond motifs is 1. The number of carbonyl (C=O) groups excluding carboxylic acids is 4. The van der Waals surface area contributed by atoms with Crippen molar-refractivity contribution in [2.24, 2.45) is 0 Å². The van der Waals surface area contributed by atoms with Crippen LogP contribution in [0.4, 0.5) is 0 Å². The number of rotatable bonds is 10. The molecule has 1 aromatic heterocycles. The zero-order valence-electron chi connectivity index (χ0n) is 27.5. The number of nitrogens with one attached hydrogen (secondary N) is 1. The van der Waals surface area contributed by atoms with Crippen LogP contribution in [0.1, 0.15) is 84.4 Å². The highest BCUT2D eigenvalue weighted by Crippen LogP contribution is 2.48. The first kappa shape index (κ1) is 37.2. The normalized spacial score (nSPS) is 20.6. The molecule has 16 heteroatoms. The van der Waals surface area contributed by atoms with E-state index in [1.807, 2.05) is 0 Å². The quantitative estimate of drug-likeness (QED) is 0.137. The number of halogens is 2. The van der Waals surface area contributed by atoms with Crippen LogP contribution in [0.15, 0.2) is 60.7 Å². The van der Waals surface area contributed by atoms with Crippen molar-refractivity contribution >= 4 is 56.9 Å². The minimum Gasteiger partial charge on any atom is -0.618 e. The second-order valence-corrected chi connectivity index (χ2v) is 14.9. The predicted octanol–water partition coefficient (Wildman–Crippen LogP) is 4.34. The van der Waals surface area contributed by atoms with Crippen LogP contribution >= 0.6 is 23.2 Å². The van der Waals surface area contributed by atoms with Crippen molar-refractivity contribution in [3.05, 3.63) is 104 Å². The Morgan fingerprint density at radius 1 is 0.980 bits per heavy atom. The van der Waals surface area contributed by atoms with Gasteiger partial charge in [0.05, 0.1) is 18.2 Å². The van der Waals surface area contributed by atoms with Gasteiger partial charge in [0.1, 0.15) is 0 Å². The molecule has 0 radical (unpaired) electrons. The topological polar surface area (TPSA) is 166 Å². The first-order valence-electron chi connectivity index (χ1n) is 15.8. The highest BCUT2D eigenvalue weighted by molar-refractivity contribution is 7.88. The molecule has 0 spiro atoms. The van der Waals surface area contributed by atoms with Crippen molar-refractivity contribution in [2.75, 3.05) is 6.26 Å². The summed E-state index contributed by atoms with van der Waals surface area (Å²) in [4.78, 5) is 61.0. The summed E-state index contributed by atoms with van der Waals surface area (Å²) in [7, 11) is -3.70. The molecule has 1 fully saturated rings. The fourth-order valence-corrected chi connectivity index (χ4v) is 8.00. The van der Waals surface area contributed by atoms with E-state index in [0.717, 1.165) is 13.2 Å². The van der Waals surface area contributed by atoms with Gasteiger partial charge in [0.25, 0.3) is 11.8 Å². The number of imide groups is 1. The molecular weight excluding hydrogens is 711 g/mol. The summed E-state index contributed by atoms with van der Waals surface area (Å²) in [6.45, 7) is 1.51. The van der Waals surface area contributed by atoms with E-state index in [0.29, 0.717) is 51.6 Å². The summed E-state index contributed by atoms with van der Waals surface area (Å²) in [5.74, 6) is -3.96. The SMILES string of the molecule is CC(=O)OCc1cccc(CON(C(C)=O)C(=O)C2c3ccccc3C(=O)N(C3CCCCC3NS(C)(=O)=O)C2c2ccc(Cl)cc2Cl)[n+]1[O-]. The van der Waals surface area contributed by atoms with Crippen molar-refractivity contribution < 1.29 is 41.9 Å². The number of hydrogen-bond acceptors (Lipinski definition) is 9. The van der Waals surface area contributed by atoms with Crippen molar-refractivity contribution in [1.29, 1.82) is 0 Å². The number of nitrogens with zero attached hydrogens (tertiary/aromatic N) is 3. The standard InChI is InChI=1S/C34H36Cl2N4O9S/c1-20(41)40(49-19-24-10-8-9-23(39(24)45)18-48-21(2)42)34(44)31-25-11-4-5-12-26(25)33(43)38(32(31)27-16-15-22(35)17-28(27)36)30-14-7-6-13-29(30)37-50(3,46)47/h4-5,8-12,15-17,29-32,37H,6-7,13-14,18-19H2,1-3H3. The molecule has 3 amide bonds. The average Bonchev–Trinajstić information content (AvgIpc) is 3.04. The summed E-state index contributed by atoms with van der Waals surface area (Å²) >= 11 is 13.1. The highest BCUT2D eigenvalue weighted by atomic mass is 35.5. The van der Waals surface area contributed by atoms with Crippen molar-refractivity contribution in [2.45, 2.75) is 76.8 Å². The number of sulfonamides is 1. The van der Waals surface area contributed by atoms with Gasteiger partial charge >= 0.3 is 5.97 Å². The van der Waals surface area contributed by atoms with E-state index >= 15 is 0 Å². The van der Waals surface area contributed by atoms with Gasteiger partial charge in [-0.25, -0.2) is 13.1 Å². The molecule has 2 aromatic carbocycles. The maximum absolute atomic E-state index is 14.8. The Balaban J connectivity index is 1.61.